The summed E-state index contributed by atoms with van der Waals surface area (Å²) in [5.74, 6) is 0.755. The van der Waals surface area contributed by atoms with Crippen molar-refractivity contribution in [3.05, 3.63) is 30.3 Å². The van der Waals surface area contributed by atoms with E-state index in [9.17, 15) is 0 Å². The molecule has 0 amide bonds. The van der Waals surface area contributed by atoms with Crippen LogP contribution in [0.25, 0.3) is 0 Å². The van der Waals surface area contributed by atoms with Crippen molar-refractivity contribution in [1.29, 1.82) is 0 Å². The van der Waals surface area contributed by atoms with Crippen molar-refractivity contribution in [3.8, 4) is 0 Å². The van der Waals surface area contributed by atoms with Gasteiger partial charge in [0.1, 0.15) is 0 Å². The molecule has 0 aliphatic carbocycles. The van der Waals surface area contributed by atoms with Crippen molar-refractivity contribution >= 4 is 5.69 Å². The van der Waals surface area contributed by atoms with Crippen molar-refractivity contribution < 1.29 is 4.74 Å². The van der Waals surface area contributed by atoms with Crippen LogP contribution in [0.1, 0.15) is 33.1 Å². The summed E-state index contributed by atoms with van der Waals surface area (Å²) in [5.41, 5.74) is 1.75. The summed E-state index contributed by atoms with van der Waals surface area (Å²) in [6.45, 7) is 11.2. The number of piperazine rings is 1. The van der Waals surface area contributed by atoms with E-state index in [2.05, 4.69) is 54.0 Å². The van der Waals surface area contributed by atoms with Crippen LogP contribution in [0, 0.1) is 5.92 Å². The van der Waals surface area contributed by atoms with Crippen LogP contribution in [-0.4, -0.2) is 49.8 Å². The smallest absolute Gasteiger partial charge is 0.0483 e. The van der Waals surface area contributed by atoms with Gasteiger partial charge in [-0.3, -0.25) is 4.90 Å². The molecule has 0 N–H and O–H groups in total. The zero-order valence-corrected chi connectivity index (χ0v) is 14.1. The third kappa shape index (κ3) is 3.47. The van der Waals surface area contributed by atoms with E-state index in [1.165, 1.54) is 38.0 Å². The zero-order chi connectivity index (χ0) is 15.4. The van der Waals surface area contributed by atoms with Crippen LogP contribution in [0.15, 0.2) is 30.3 Å². The first kappa shape index (κ1) is 15.8. The predicted molar refractivity (Wildman–Crippen MR) is 92.5 cm³/mol. The van der Waals surface area contributed by atoms with Crippen LogP contribution >= 0.6 is 0 Å². The Morgan fingerprint density at radius 3 is 2.23 bits per heavy atom. The van der Waals surface area contributed by atoms with Crippen molar-refractivity contribution in [2.24, 2.45) is 5.92 Å². The number of anilines is 1. The third-order valence-electron chi connectivity index (χ3n) is 5.28. The molecule has 0 saturated carbocycles. The lowest BCUT2D eigenvalue weighted by Crippen LogP contribution is -2.59. The Kier molecular flexibility index (Phi) is 5.04. The SMILES string of the molecule is CC(C)CC1(N2CCN(c3ccccc3)CC2)CCOCC1. The highest BCUT2D eigenvalue weighted by Crippen LogP contribution is 2.35. The molecule has 2 aliphatic rings. The molecular weight excluding hydrogens is 272 g/mol. The first-order valence-corrected chi connectivity index (χ1v) is 8.82. The Labute approximate surface area is 135 Å². The number of ether oxygens (including phenoxy) is 1. The van der Waals surface area contributed by atoms with E-state index >= 15 is 0 Å². The second-order valence-corrected chi connectivity index (χ2v) is 7.24. The lowest BCUT2D eigenvalue weighted by molar-refractivity contribution is -0.0416. The van der Waals surface area contributed by atoms with Crippen LogP contribution < -0.4 is 4.90 Å². The van der Waals surface area contributed by atoms with Gasteiger partial charge >= 0.3 is 0 Å². The molecule has 22 heavy (non-hydrogen) atoms. The molecule has 3 nitrogen and oxygen atoms in total. The molecule has 0 radical (unpaired) electrons. The van der Waals surface area contributed by atoms with Crippen molar-refractivity contribution in [2.75, 3.05) is 44.3 Å². The second kappa shape index (κ2) is 7.01. The summed E-state index contributed by atoms with van der Waals surface area (Å²) in [4.78, 5) is 5.30. The fourth-order valence-electron chi connectivity index (χ4n) is 4.24. The maximum absolute atomic E-state index is 5.65. The van der Waals surface area contributed by atoms with Crippen LogP contribution in [0.3, 0.4) is 0 Å². The molecule has 1 aromatic rings. The van der Waals surface area contributed by atoms with Gasteiger partial charge in [-0.15, -0.1) is 0 Å². The minimum absolute atomic E-state index is 0.384. The van der Waals surface area contributed by atoms with Gasteiger partial charge in [-0.2, -0.15) is 0 Å². The highest BCUT2D eigenvalue weighted by Gasteiger charge is 2.40. The second-order valence-electron chi connectivity index (χ2n) is 7.24. The van der Waals surface area contributed by atoms with Crippen molar-refractivity contribution in [1.82, 2.24) is 4.90 Å². The van der Waals surface area contributed by atoms with Crippen LogP contribution in [0.2, 0.25) is 0 Å². The monoisotopic (exact) mass is 302 g/mol. The summed E-state index contributed by atoms with van der Waals surface area (Å²) in [6.07, 6.45) is 3.72. The van der Waals surface area contributed by atoms with E-state index in [0.717, 1.165) is 32.2 Å². The first-order valence-electron chi connectivity index (χ1n) is 8.82. The molecule has 3 heteroatoms. The standard InChI is InChI=1S/C19H30N2O/c1-17(2)16-19(8-14-22-15-9-19)21-12-10-20(11-13-21)18-6-4-3-5-7-18/h3-7,17H,8-16H2,1-2H3. The molecule has 2 fully saturated rings. The third-order valence-corrected chi connectivity index (χ3v) is 5.28. The topological polar surface area (TPSA) is 15.7 Å². The highest BCUT2D eigenvalue weighted by atomic mass is 16.5. The van der Waals surface area contributed by atoms with Crippen LogP contribution in [0.4, 0.5) is 5.69 Å². The van der Waals surface area contributed by atoms with Crippen LogP contribution in [0.5, 0.6) is 0 Å². The predicted octanol–water partition coefficient (Wildman–Crippen LogP) is 3.40. The molecule has 0 aromatic heterocycles. The van der Waals surface area contributed by atoms with E-state index in [4.69, 9.17) is 4.74 Å². The normalized spacial score (nSPS) is 23.0. The Morgan fingerprint density at radius 1 is 1.00 bits per heavy atom. The van der Waals surface area contributed by atoms with E-state index < -0.39 is 0 Å². The number of hydrogen-bond acceptors (Lipinski definition) is 3. The summed E-state index contributed by atoms with van der Waals surface area (Å²) < 4.78 is 5.65. The Balaban J connectivity index is 1.65. The van der Waals surface area contributed by atoms with Gasteiger partial charge in [0.15, 0.2) is 0 Å². The van der Waals surface area contributed by atoms with Gasteiger partial charge in [0.05, 0.1) is 0 Å². The van der Waals surface area contributed by atoms with Crippen molar-refractivity contribution in [2.45, 2.75) is 38.6 Å². The molecule has 0 spiro atoms. The molecule has 2 saturated heterocycles. The molecule has 2 heterocycles. The van der Waals surface area contributed by atoms with E-state index in [1.807, 2.05) is 0 Å². The number of para-hydroxylation sites is 1. The molecular formula is C19H30N2O. The van der Waals surface area contributed by atoms with Gasteiger partial charge < -0.3 is 9.64 Å². The molecule has 0 atom stereocenters. The van der Waals surface area contributed by atoms with E-state index in [0.29, 0.717) is 5.54 Å². The summed E-state index contributed by atoms with van der Waals surface area (Å²) in [5, 5.41) is 0. The number of hydrogen-bond donors (Lipinski definition) is 0. The maximum atomic E-state index is 5.65. The Bertz CT molecular complexity index is 446. The number of benzene rings is 1. The van der Waals surface area contributed by atoms with Gasteiger partial charge in [-0.1, -0.05) is 32.0 Å². The average molecular weight is 302 g/mol. The molecule has 2 aliphatic heterocycles. The fraction of sp³-hybridized carbons (Fsp3) is 0.684. The minimum atomic E-state index is 0.384. The van der Waals surface area contributed by atoms with Crippen molar-refractivity contribution in [3.63, 3.8) is 0 Å². The van der Waals surface area contributed by atoms with E-state index in [-0.39, 0.29) is 0 Å². The summed E-state index contributed by atoms with van der Waals surface area (Å²) in [6, 6.07) is 10.8. The number of rotatable bonds is 4. The molecule has 0 bridgehead atoms. The molecule has 1 aromatic carbocycles. The average Bonchev–Trinajstić information content (AvgIpc) is 2.56. The molecule has 3 rings (SSSR count). The van der Waals surface area contributed by atoms with Gasteiger partial charge in [-0.05, 0) is 37.3 Å². The lowest BCUT2D eigenvalue weighted by Gasteiger charge is -2.51. The van der Waals surface area contributed by atoms with Gasteiger partial charge in [-0.25, -0.2) is 0 Å². The quantitative estimate of drug-likeness (QED) is 0.848. The lowest BCUT2D eigenvalue weighted by atomic mass is 9.80. The van der Waals surface area contributed by atoms with Gasteiger partial charge in [0, 0.05) is 50.6 Å². The molecule has 122 valence electrons. The summed E-state index contributed by atoms with van der Waals surface area (Å²) in [7, 11) is 0. The number of nitrogens with zero attached hydrogens (tertiary/aromatic N) is 2. The maximum Gasteiger partial charge on any atom is 0.0483 e. The Morgan fingerprint density at radius 2 is 1.64 bits per heavy atom. The van der Waals surface area contributed by atoms with E-state index in [1.54, 1.807) is 0 Å². The van der Waals surface area contributed by atoms with Crippen LogP contribution in [-0.2, 0) is 4.74 Å². The zero-order valence-electron chi connectivity index (χ0n) is 14.1. The van der Waals surface area contributed by atoms with Gasteiger partial charge in [0.2, 0.25) is 0 Å². The first-order chi connectivity index (χ1) is 10.7. The van der Waals surface area contributed by atoms with Gasteiger partial charge in [0.25, 0.3) is 0 Å². The fourth-order valence-corrected chi connectivity index (χ4v) is 4.24. The largest absolute Gasteiger partial charge is 0.381 e. The summed E-state index contributed by atoms with van der Waals surface area (Å²) >= 11 is 0. The highest BCUT2D eigenvalue weighted by molar-refractivity contribution is 5.46. The Hall–Kier alpha value is -1.06. The molecule has 0 unspecified atom stereocenters. The minimum Gasteiger partial charge on any atom is -0.381 e.